The van der Waals surface area contributed by atoms with Gasteiger partial charge in [0.05, 0.1) is 12.7 Å². The number of oxazole rings is 1. The normalized spacial score (nSPS) is 17.5. The highest BCUT2D eigenvalue weighted by Gasteiger charge is 2.22. The van der Waals surface area contributed by atoms with Crippen molar-refractivity contribution >= 4 is 29.9 Å². The molecule has 6 nitrogen and oxygen atoms in total. The highest BCUT2D eigenvalue weighted by Crippen LogP contribution is 2.22. The van der Waals surface area contributed by atoms with Gasteiger partial charge >= 0.3 is 0 Å². The maximum atomic E-state index is 5.81. The van der Waals surface area contributed by atoms with Gasteiger partial charge in [0.2, 0.25) is 5.89 Å². The number of guanidine groups is 1. The molecule has 1 aromatic rings. The van der Waals surface area contributed by atoms with Crippen molar-refractivity contribution < 1.29 is 4.42 Å². The minimum absolute atomic E-state index is 0. The van der Waals surface area contributed by atoms with Gasteiger partial charge in [-0.05, 0) is 26.7 Å². The van der Waals surface area contributed by atoms with E-state index in [1.54, 1.807) is 7.05 Å². The van der Waals surface area contributed by atoms with Crippen LogP contribution < -0.4 is 10.6 Å². The standard InChI is InChI=1S/C18H33N5O.HI/c1-13(2)23-9-7-14(8-10-23)22-17(19-6)21-12-16-20-11-15(24-16)18(3,4)5;/h11,13-14H,7-10,12H2,1-6H3,(H2,19,21,22);1H. The van der Waals surface area contributed by atoms with Crippen LogP contribution in [0.15, 0.2) is 15.6 Å². The minimum atomic E-state index is -0.0183. The van der Waals surface area contributed by atoms with E-state index in [1.807, 2.05) is 6.20 Å². The summed E-state index contributed by atoms with van der Waals surface area (Å²) in [4.78, 5) is 11.2. The van der Waals surface area contributed by atoms with Crippen molar-refractivity contribution in [3.63, 3.8) is 0 Å². The first-order chi connectivity index (χ1) is 11.3. The molecule has 2 heterocycles. The van der Waals surface area contributed by atoms with Gasteiger partial charge in [-0.15, -0.1) is 24.0 Å². The van der Waals surface area contributed by atoms with E-state index in [9.17, 15) is 0 Å². The lowest BCUT2D eigenvalue weighted by Gasteiger charge is -2.35. The fourth-order valence-electron chi connectivity index (χ4n) is 2.85. The summed E-state index contributed by atoms with van der Waals surface area (Å²) in [6.45, 7) is 13.7. The van der Waals surface area contributed by atoms with Crippen molar-refractivity contribution in [1.29, 1.82) is 0 Å². The molecule has 0 bridgehead atoms. The van der Waals surface area contributed by atoms with Gasteiger partial charge in [0.25, 0.3) is 0 Å². The van der Waals surface area contributed by atoms with Crippen LogP contribution in [0.3, 0.4) is 0 Å². The van der Waals surface area contributed by atoms with Crippen LogP contribution in [-0.4, -0.2) is 48.1 Å². The van der Waals surface area contributed by atoms with Crippen LogP contribution in [-0.2, 0) is 12.0 Å². The molecule has 1 fully saturated rings. The Bertz CT molecular complexity index is 542. The number of nitrogens with zero attached hydrogens (tertiary/aromatic N) is 3. The van der Waals surface area contributed by atoms with Gasteiger partial charge in [-0.25, -0.2) is 4.98 Å². The smallest absolute Gasteiger partial charge is 0.213 e. The number of hydrogen-bond acceptors (Lipinski definition) is 4. The Kier molecular flexibility index (Phi) is 8.67. The van der Waals surface area contributed by atoms with Crippen LogP contribution in [0.25, 0.3) is 0 Å². The van der Waals surface area contributed by atoms with Crippen molar-refractivity contribution in [3.8, 4) is 0 Å². The number of rotatable bonds is 4. The quantitative estimate of drug-likeness (QED) is 0.408. The van der Waals surface area contributed by atoms with E-state index in [-0.39, 0.29) is 29.4 Å². The monoisotopic (exact) mass is 463 g/mol. The largest absolute Gasteiger partial charge is 0.443 e. The Hall–Kier alpha value is -0.830. The Balaban J connectivity index is 0.00000312. The Morgan fingerprint density at radius 2 is 2.00 bits per heavy atom. The first kappa shape index (κ1) is 22.2. The molecule has 1 saturated heterocycles. The predicted octanol–water partition coefficient (Wildman–Crippen LogP) is 3.13. The molecule has 0 unspecified atom stereocenters. The van der Waals surface area contributed by atoms with Crippen molar-refractivity contribution in [2.75, 3.05) is 20.1 Å². The van der Waals surface area contributed by atoms with Gasteiger partial charge in [0, 0.05) is 37.6 Å². The van der Waals surface area contributed by atoms with Crippen LogP contribution in [0.5, 0.6) is 0 Å². The van der Waals surface area contributed by atoms with Crippen LogP contribution in [0.1, 0.15) is 59.1 Å². The van der Waals surface area contributed by atoms with E-state index in [0.717, 1.165) is 37.7 Å². The van der Waals surface area contributed by atoms with E-state index in [4.69, 9.17) is 4.42 Å². The van der Waals surface area contributed by atoms with Crippen molar-refractivity contribution in [2.45, 2.75) is 71.5 Å². The van der Waals surface area contributed by atoms with Crippen molar-refractivity contribution in [1.82, 2.24) is 20.5 Å². The molecule has 2 rings (SSSR count). The summed E-state index contributed by atoms with van der Waals surface area (Å²) in [5.41, 5.74) is -0.0183. The fraction of sp³-hybridized carbons (Fsp3) is 0.778. The summed E-state index contributed by atoms with van der Waals surface area (Å²) in [6, 6.07) is 1.10. The minimum Gasteiger partial charge on any atom is -0.443 e. The molecular formula is C18H34IN5O. The number of aliphatic imine (C=N–C) groups is 1. The zero-order chi connectivity index (χ0) is 17.7. The molecule has 7 heteroatoms. The van der Waals surface area contributed by atoms with Gasteiger partial charge in [0.1, 0.15) is 5.76 Å². The van der Waals surface area contributed by atoms with E-state index in [1.165, 1.54) is 0 Å². The summed E-state index contributed by atoms with van der Waals surface area (Å²) in [5.74, 6) is 2.41. The molecule has 144 valence electrons. The summed E-state index contributed by atoms with van der Waals surface area (Å²) >= 11 is 0. The van der Waals surface area contributed by atoms with Crippen molar-refractivity contribution in [2.24, 2.45) is 4.99 Å². The zero-order valence-electron chi connectivity index (χ0n) is 16.4. The Morgan fingerprint density at radius 1 is 1.36 bits per heavy atom. The Morgan fingerprint density at radius 3 is 2.48 bits per heavy atom. The van der Waals surface area contributed by atoms with Gasteiger partial charge in [-0.2, -0.15) is 0 Å². The third-order valence-electron chi connectivity index (χ3n) is 4.52. The van der Waals surface area contributed by atoms with Crippen LogP contribution >= 0.6 is 24.0 Å². The number of likely N-dealkylation sites (tertiary alicyclic amines) is 1. The molecule has 0 aliphatic carbocycles. The lowest BCUT2D eigenvalue weighted by Crippen LogP contribution is -2.49. The topological polar surface area (TPSA) is 65.7 Å². The van der Waals surface area contributed by atoms with Gasteiger partial charge in [-0.1, -0.05) is 20.8 Å². The summed E-state index contributed by atoms with van der Waals surface area (Å²) in [6.07, 6.45) is 4.10. The third kappa shape index (κ3) is 6.77. The first-order valence-corrected chi connectivity index (χ1v) is 8.96. The molecule has 2 N–H and O–H groups in total. The number of nitrogens with one attached hydrogen (secondary N) is 2. The zero-order valence-corrected chi connectivity index (χ0v) is 18.8. The van der Waals surface area contributed by atoms with Gasteiger partial charge < -0.3 is 20.0 Å². The van der Waals surface area contributed by atoms with Crippen LogP contribution in [0.4, 0.5) is 0 Å². The maximum Gasteiger partial charge on any atom is 0.213 e. The van der Waals surface area contributed by atoms with E-state index < -0.39 is 0 Å². The molecule has 1 aromatic heterocycles. The Labute approximate surface area is 169 Å². The molecule has 25 heavy (non-hydrogen) atoms. The third-order valence-corrected chi connectivity index (χ3v) is 4.52. The van der Waals surface area contributed by atoms with E-state index >= 15 is 0 Å². The maximum absolute atomic E-state index is 5.81. The molecule has 0 aromatic carbocycles. The lowest BCUT2D eigenvalue weighted by molar-refractivity contribution is 0.167. The average Bonchev–Trinajstić information content (AvgIpc) is 3.01. The van der Waals surface area contributed by atoms with Gasteiger partial charge in [0.15, 0.2) is 5.96 Å². The van der Waals surface area contributed by atoms with Crippen LogP contribution in [0.2, 0.25) is 0 Å². The SMILES string of the molecule is CN=C(NCc1ncc(C(C)(C)C)o1)NC1CCN(C(C)C)CC1.I. The first-order valence-electron chi connectivity index (χ1n) is 8.96. The molecule has 0 atom stereocenters. The molecule has 1 aliphatic rings. The average molecular weight is 463 g/mol. The molecule has 0 amide bonds. The molecule has 1 aliphatic heterocycles. The highest BCUT2D eigenvalue weighted by molar-refractivity contribution is 14.0. The second-order valence-corrected chi connectivity index (χ2v) is 7.84. The number of halogens is 1. The second-order valence-electron chi connectivity index (χ2n) is 7.84. The second kappa shape index (κ2) is 9.75. The molecular weight excluding hydrogens is 429 g/mol. The number of piperidine rings is 1. The highest BCUT2D eigenvalue weighted by atomic mass is 127. The summed E-state index contributed by atoms with van der Waals surface area (Å²) in [5, 5.41) is 6.82. The molecule has 0 saturated carbocycles. The lowest BCUT2D eigenvalue weighted by atomic mass is 9.94. The molecule has 0 radical (unpaired) electrons. The van der Waals surface area contributed by atoms with Crippen molar-refractivity contribution in [3.05, 3.63) is 17.8 Å². The van der Waals surface area contributed by atoms with E-state index in [2.05, 4.69) is 60.1 Å². The van der Waals surface area contributed by atoms with E-state index in [0.29, 0.717) is 24.5 Å². The summed E-state index contributed by atoms with van der Waals surface area (Å²) < 4.78 is 5.81. The summed E-state index contributed by atoms with van der Waals surface area (Å²) in [7, 11) is 1.80. The predicted molar refractivity (Wildman–Crippen MR) is 114 cm³/mol. The fourth-order valence-corrected chi connectivity index (χ4v) is 2.85. The number of aromatic nitrogens is 1. The number of hydrogen-bond donors (Lipinski definition) is 2. The van der Waals surface area contributed by atoms with Gasteiger partial charge in [-0.3, -0.25) is 4.99 Å². The van der Waals surface area contributed by atoms with Crippen LogP contribution in [0, 0.1) is 0 Å². The molecule has 0 spiro atoms.